The van der Waals surface area contributed by atoms with E-state index in [1.807, 2.05) is 18.2 Å². The summed E-state index contributed by atoms with van der Waals surface area (Å²) in [6, 6.07) is 15.4. The number of benzene rings is 3. The molecule has 1 aliphatic heterocycles. The quantitative estimate of drug-likeness (QED) is 0.0809. The number of hydrogen-bond donors (Lipinski definition) is 0. The Bertz CT molecular complexity index is 1850. The third-order valence-electron chi connectivity index (χ3n) is 8.63. The lowest BCUT2D eigenvalue weighted by Gasteiger charge is -2.28. The van der Waals surface area contributed by atoms with Crippen LogP contribution in [0.5, 0.6) is 34.5 Å². The van der Waals surface area contributed by atoms with Crippen LogP contribution in [0.2, 0.25) is 0 Å². The second-order valence-electron chi connectivity index (χ2n) is 12.9. The van der Waals surface area contributed by atoms with Crippen molar-refractivity contribution in [3.8, 4) is 34.5 Å². The van der Waals surface area contributed by atoms with Crippen molar-refractivity contribution in [1.82, 2.24) is 0 Å². The van der Waals surface area contributed by atoms with Crippen LogP contribution in [-0.4, -0.2) is 71.1 Å². The molecule has 1 unspecified atom stereocenters. The van der Waals surface area contributed by atoms with Crippen LogP contribution in [0.25, 0.3) is 0 Å². The first-order valence-corrected chi connectivity index (χ1v) is 17.5. The maximum atomic E-state index is 12.4. The molecular formula is C41H48O14. The summed E-state index contributed by atoms with van der Waals surface area (Å²) in [6.07, 6.45) is -1.91. The van der Waals surface area contributed by atoms with Gasteiger partial charge < -0.3 is 47.4 Å². The van der Waals surface area contributed by atoms with Gasteiger partial charge in [-0.25, -0.2) is 0 Å². The second-order valence-corrected chi connectivity index (χ2v) is 12.9. The summed E-state index contributed by atoms with van der Waals surface area (Å²) in [7, 11) is 4.41. The molecule has 0 saturated carbocycles. The summed E-state index contributed by atoms with van der Waals surface area (Å²) in [5, 5.41) is 0. The van der Waals surface area contributed by atoms with Crippen molar-refractivity contribution in [2.45, 2.75) is 59.4 Å². The van der Waals surface area contributed by atoms with E-state index in [0.29, 0.717) is 54.0 Å². The Morgan fingerprint density at radius 3 is 1.89 bits per heavy atom. The molecular weight excluding hydrogens is 716 g/mol. The highest BCUT2D eigenvalue weighted by molar-refractivity contribution is 5.71. The second kappa shape index (κ2) is 19.5. The van der Waals surface area contributed by atoms with E-state index in [4.69, 9.17) is 47.4 Å². The Hall–Kier alpha value is -5.76. The van der Waals surface area contributed by atoms with Crippen LogP contribution < -0.4 is 28.4 Å². The molecule has 14 heteroatoms. The maximum absolute atomic E-state index is 12.4. The van der Waals surface area contributed by atoms with Crippen LogP contribution in [0.15, 0.2) is 66.9 Å². The molecule has 0 amide bonds. The molecule has 3 aromatic carbocycles. The number of hydrogen-bond acceptors (Lipinski definition) is 14. The van der Waals surface area contributed by atoms with Gasteiger partial charge in [0.25, 0.3) is 0 Å². The standard InChI is InChI=1S/C41H48O14/c1-23(2)49-21-32-31(20-51-40(32)29-11-14-33(52-25(4)43)37(18-29)47-8)16-28-10-13-35(36(17-28)46-7)55-39(22-50-24(3)42)41(54-27(6)45)30-12-15-34(53-26(5)44)38(19-30)48-9/h10-15,17-19,31-32,39-41H,1,16,20-22H2,2-9H3/t31-,32?,39+,40+,41-/m0/s1. The third-order valence-corrected chi connectivity index (χ3v) is 8.63. The van der Waals surface area contributed by atoms with E-state index in [2.05, 4.69) is 6.58 Å². The zero-order valence-electron chi connectivity index (χ0n) is 32.3. The van der Waals surface area contributed by atoms with E-state index >= 15 is 0 Å². The van der Waals surface area contributed by atoms with Gasteiger partial charge in [0.05, 0.1) is 46.4 Å². The molecule has 0 spiro atoms. The molecule has 5 atom stereocenters. The minimum Gasteiger partial charge on any atom is -0.498 e. The first-order chi connectivity index (χ1) is 26.2. The van der Waals surface area contributed by atoms with Crippen LogP contribution in [0.1, 0.15) is 63.5 Å². The van der Waals surface area contributed by atoms with Gasteiger partial charge in [0.15, 0.2) is 46.7 Å². The average Bonchev–Trinajstić information content (AvgIpc) is 3.53. The van der Waals surface area contributed by atoms with E-state index in [1.165, 1.54) is 55.1 Å². The van der Waals surface area contributed by atoms with Crippen molar-refractivity contribution in [2.75, 3.05) is 41.2 Å². The highest BCUT2D eigenvalue weighted by Crippen LogP contribution is 2.44. The lowest BCUT2D eigenvalue weighted by atomic mass is 9.84. The number of rotatable bonds is 18. The molecule has 0 radical (unpaired) electrons. The molecule has 296 valence electrons. The Balaban J connectivity index is 1.63. The van der Waals surface area contributed by atoms with Gasteiger partial charge in [0.1, 0.15) is 6.61 Å². The normalized spacial score (nSPS) is 17.2. The lowest BCUT2D eigenvalue weighted by molar-refractivity contribution is -0.157. The zero-order chi connectivity index (χ0) is 40.2. The lowest BCUT2D eigenvalue weighted by Crippen LogP contribution is -2.34. The Morgan fingerprint density at radius 2 is 1.31 bits per heavy atom. The molecule has 1 heterocycles. The third kappa shape index (κ3) is 11.6. The van der Waals surface area contributed by atoms with E-state index in [-0.39, 0.29) is 36.0 Å². The number of allylic oxidation sites excluding steroid dienone is 1. The fraction of sp³-hybridized carbons (Fsp3) is 0.415. The predicted octanol–water partition coefficient (Wildman–Crippen LogP) is 6.27. The van der Waals surface area contributed by atoms with E-state index in [0.717, 1.165) is 11.1 Å². The molecule has 0 bridgehead atoms. The molecule has 14 nitrogen and oxygen atoms in total. The van der Waals surface area contributed by atoms with Crippen molar-refractivity contribution < 1.29 is 66.5 Å². The van der Waals surface area contributed by atoms with Gasteiger partial charge >= 0.3 is 23.9 Å². The minimum absolute atomic E-state index is 0.00922. The van der Waals surface area contributed by atoms with E-state index in [1.54, 1.807) is 37.3 Å². The van der Waals surface area contributed by atoms with Gasteiger partial charge in [-0.3, -0.25) is 19.2 Å². The van der Waals surface area contributed by atoms with Gasteiger partial charge in [-0.15, -0.1) is 0 Å². The zero-order valence-corrected chi connectivity index (χ0v) is 32.3. The molecule has 0 N–H and O–H groups in total. The number of esters is 4. The molecule has 4 rings (SSSR count). The molecule has 0 aromatic heterocycles. The number of ether oxygens (including phenoxy) is 10. The largest absolute Gasteiger partial charge is 0.498 e. The average molecular weight is 765 g/mol. The van der Waals surface area contributed by atoms with Gasteiger partial charge in [0.2, 0.25) is 0 Å². The number of carbonyl (C=O) groups excluding carboxylic acids is 4. The first-order valence-electron chi connectivity index (χ1n) is 17.5. The van der Waals surface area contributed by atoms with Crippen LogP contribution in [0.4, 0.5) is 0 Å². The maximum Gasteiger partial charge on any atom is 0.308 e. The van der Waals surface area contributed by atoms with Crippen LogP contribution in [0, 0.1) is 11.8 Å². The van der Waals surface area contributed by atoms with E-state index < -0.39 is 36.1 Å². The summed E-state index contributed by atoms with van der Waals surface area (Å²) in [6.45, 7) is 11.3. The Kier molecular flexibility index (Phi) is 14.9. The molecule has 55 heavy (non-hydrogen) atoms. The van der Waals surface area contributed by atoms with E-state index in [9.17, 15) is 19.2 Å². The summed E-state index contributed by atoms with van der Waals surface area (Å²) in [4.78, 5) is 47.5. The fourth-order valence-corrected chi connectivity index (χ4v) is 6.26. The highest BCUT2D eigenvalue weighted by Gasteiger charge is 2.39. The van der Waals surface area contributed by atoms with Crippen molar-refractivity contribution in [3.05, 3.63) is 83.6 Å². The minimum atomic E-state index is -1.09. The number of methoxy groups -OCH3 is 3. The SMILES string of the molecule is C=C(C)OCC1[C@@H](Cc2ccc(O[C@H](COC(C)=O)[C@@H](OC(C)=O)c3ccc(OC(C)=O)c(OC)c3)c(OC)c2)CO[C@@H]1c1ccc(OC(C)=O)c(OC)c1. The van der Waals surface area contributed by atoms with Crippen molar-refractivity contribution in [2.24, 2.45) is 11.8 Å². The van der Waals surface area contributed by atoms with Crippen LogP contribution in [-0.2, 0) is 44.5 Å². The first kappa shape index (κ1) is 42.0. The fourth-order valence-electron chi connectivity index (χ4n) is 6.26. The van der Waals surface area contributed by atoms with Crippen LogP contribution >= 0.6 is 0 Å². The monoisotopic (exact) mass is 764 g/mol. The highest BCUT2D eigenvalue weighted by atomic mass is 16.6. The van der Waals surface area contributed by atoms with Gasteiger partial charge in [0, 0.05) is 39.2 Å². The summed E-state index contributed by atoms with van der Waals surface area (Å²) >= 11 is 0. The number of carbonyl (C=O) groups is 4. The topological polar surface area (TPSA) is 161 Å². The van der Waals surface area contributed by atoms with Crippen molar-refractivity contribution >= 4 is 23.9 Å². The summed E-state index contributed by atoms with van der Waals surface area (Å²) in [5.41, 5.74) is 2.18. The van der Waals surface area contributed by atoms with Crippen molar-refractivity contribution in [1.29, 1.82) is 0 Å². The van der Waals surface area contributed by atoms with Gasteiger partial charge in [-0.1, -0.05) is 24.8 Å². The van der Waals surface area contributed by atoms with Gasteiger partial charge in [-0.05, 0) is 66.8 Å². The molecule has 1 aliphatic rings. The van der Waals surface area contributed by atoms with Crippen LogP contribution in [0.3, 0.4) is 0 Å². The smallest absolute Gasteiger partial charge is 0.308 e. The molecule has 3 aromatic rings. The Morgan fingerprint density at radius 1 is 0.709 bits per heavy atom. The molecule has 1 saturated heterocycles. The predicted molar refractivity (Wildman–Crippen MR) is 197 cm³/mol. The molecule has 0 aliphatic carbocycles. The summed E-state index contributed by atoms with van der Waals surface area (Å²) < 4.78 is 57.0. The summed E-state index contributed by atoms with van der Waals surface area (Å²) in [5.74, 6) is 0.0683. The molecule has 1 fully saturated rings. The Labute approximate surface area is 320 Å². The van der Waals surface area contributed by atoms with Crippen molar-refractivity contribution in [3.63, 3.8) is 0 Å². The van der Waals surface area contributed by atoms with Gasteiger partial charge in [-0.2, -0.15) is 0 Å².